The summed E-state index contributed by atoms with van der Waals surface area (Å²) in [6.45, 7) is 4.98. The number of hydrogen-bond donors (Lipinski definition) is 1. The average molecular weight is 231 g/mol. The predicted octanol–water partition coefficient (Wildman–Crippen LogP) is 1.87. The van der Waals surface area contributed by atoms with Crippen LogP contribution in [0.4, 0.5) is 5.82 Å². The molecular formula is C12H17N5. The molecule has 0 aliphatic rings. The van der Waals surface area contributed by atoms with Crippen molar-refractivity contribution < 1.29 is 0 Å². The van der Waals surface area contributed by atoms with Crippen LogP contribution in [0.25, 0.3) is 11.4 Å². The Kier molecular flexibility index (Phi) is 3.37. The Morgan fingerprint density at radius 3 is 2.88 bits per heavy atom. The number of nitrogens with one attached hydrogen (secondary N) is 1. The van der Waals surface area contributed by atoms with E-state index in [2.05, 4.69) is 27.3 Å². The Hall–Kier alpha value is -1.91. The smallest absolute Gasteiger partial charge is 0.164 e. The molecule has 2 aromatic heterocycles. The van der Waals surface area contributed by atoms with Crippen LogP contribution in [0, 0.1) is 0 Å². The second-order valence-corrected chi connectivity index (χ2v) is 3.81. The molecule has 0 fully saturated rings. The lowest BCUT2D eigenvalue weighted by Gasteiger charge is -2.03. The summed E-state index contributed by atoms with van der Waals surface area (Å²) in [7, 11) is 1.91. The molecule has 0 saturated carbocycles. The van der Waals surface area contributed by atoms with E-state index in [1.165, 1.54) is 0 Å². The summed E-state index contributed by atoms with van der Waals surface area (Å²) in [5.41, 5.74) is 2.04. The lowest BCUT2D eigenvalue weighted by molar-refractivity contribution is 0.746. The number of aryl methyl sites for hydroxylation is 2. The molecule has 90 valence electrons. The molecular weight excluding hydrogens is 214 g/mol. The van der Waals surface area contributed by atoms with Gasteiger partial charge in [-0.3, -0.25) is 4.68 Å². The second-order valence-electron chi connectivity index (χ2n) is 3.81. The highest BCUT2D eigenvalue weighted by Gasteiger charge is 2.11. The zero-order chi connectivity index (χ0) is 12.3. The lowest BCUT2D eigenvalue weighted by atomic mass is 10.2. The zero-order valence-electron chi connectivity index (χ0n) is 10.4. The standard InChI is InChI=1S/C12H17N5/c1-4-10-9(8-17(3)16-10)12-14-7-6-11(15-12)13-5-2/h6-8H,4-5H2,1-3H3,(H,13,14,15). The van der Waals surface area contributed by atoms with Gasteiger partial charge in [0.1, 0.15) is 5.82 Å². The van der Waals surface area contributed by atoms with Gasteiger partial charge in [0.05, 0.1) is 11.3 Å². The van der Waals surface area contributed by atoms with Crippen LogP contribution in [0.5, 0.6) is 0 Å². The normalized spacial score (nSPS) is 10.5. The molecule has 0 aliphatic heterocycles. The fourth-order valence-corrected chi connectivity index (χ4v) is 1.75. The van der Waals surface area contributed by atoms with Crippen LogP contribution in [-0.2, 0) is 13.5 Å². The van der Waals surface area contributed by atoms with E-state index in [4.69, 9.17) is 0 Å². The third-order valence-electron chi connectivity index (χ3n) is 2.49. The van der Waals surface area contributed by atoms with Gasteiger partial charge in [0, 0.05) is 26.0 Å². The van der Waals surface area contributed by atoms with Gasteiger partial charge in [-0.15, -0.1) is 0 Å². The average Bonchev–Trinajstić information content (AvgIpc) is 2.71. The first-order chi connectivity index (χ1) is 8.24. The van der Waals surface area contributed by atoms with E-state index in [0.717, 1.165) is 35.9 Å². The van der Waals surface area contributed by atoms with Gasteiger partial charge in [-0.1, -0.05) is 6.92 Å². The molecule has 2 aromatic rings. The van der Waals surface area contributed by atoms with Crippen molar-refractivity contribution in [3.8, 4) is 11.4 Å². The topological polar surface area (TPSA) is 55.6 Å². The molecule has 0 aromatic carbocycles. The molecule has 0 spiro atoms. The fraction of sp³-hybridized carbons (Fsp3) is 0.417. The van der Waals surface area contributed by atoms with Gasteiger partial charge in [0.25, 0.3) is 0 Å². The lowest BCUT2D eigenvalue weighted by Crippen LogP contribution is -2.01. The first kappa shape index (κ1) is 11.6. The van der Waals surface area contributed by atoms with Gasteiger partial charge in [-0.2, -0.15) is 5.10 Å². The van der Waals surface area contributed by atoms with E-state index in [1.54, 1.807) is 10.9 Å². The maximum Gasteiger partial charge on any atom is 0.164 e. The van der Waals surface area contributed by atoms with E-state index >= 15 is 0 Å². The minimum atomic E-state index is 0.730. The molecule has 1 N–H and O–H groups in total. The Balaban J connectivity index is 2.41. The maximum atomic E-state index is 4.48. The van der Waals surface area contributed by atoms with Crippen molar-refractivity contribution in [2.45, 2.75) is 20.3 Å². The highest BCUT2D eigenvalue weighted by Crippen LogP contribution is 2.20. The molecule has 0 unspecified atom stereocenters. The predicted molar refractivity (Wildman–Crippen MR) is 67.8 cm³/mol. The summed E-state index contributed by atoms with van der Waals surface area (Å²) in [4.78, 5) is 8.79. The van der Waals surface area contributed by atoms with Crippen LogP contribution in [0.1, 0.15) is 19.5 Å². The third kappa shape index (κ3) is 2.43. The highest BCUT2D eigenvalue weighted by molar-refractivity contribution is 5.58. The number of hydrogen-bond acceptors (Lipinski definition) is 4. The number of aromatic nitrogens is 4. The van der Waals surface area contributed by atoms with Crippen LogP contribution in [-0.4, -0.2) is 26.3 Å². The minimum absolute atomic E-state index is 0.730. The van der Waals surface area contributed by atoms with Gasteiger partial charge in [0.2, 0.25) is 0 Å². The first-order valence-electron chi connectivity index (χ1n) is 5.84. The summed E-state index contributed by atoms with van der Waals surface area (Å²) < 4.78 is 1.80. The number of rotatable bonds is 4. The van der Waals surface area contributed by atoms with Crippen molar-refractivity contribution in [3.63, 3.8) is 0 Å². The van der Waals surface area contributed by atoms with E-state index in [0.29, 0.717) is 0 Å². The fourth-order valence-electron chi connectivity index (χ4n) is 1.75. The van der Waals surface area contributed by atoms with Crippen LogP contribution in [0.2, 0.25) is 0 Å². The molecule has 5 nitrogen and oxygen atoms in total. The maximum absolute atomic E-state index is 4.48. The van der Waals surface area contributed by atoms with Gasteiger partial charge in [-0.05, 0) is 19.4 Å². The van der Waals surface area contributed by atoms with Crippen LogP contribution in [0.3, 0.4) is 0 Å². The van der Waals surface area contributed by atoms with E-state index in [-0.39, 0.29) is 0 Å². The van der Waals surface area contributed by atoms with Gasteiger partial charge >= 0.3 is 0 Å². The molecule has 5 heteroatoms. The third-order valence-corrected chi connectivity index (χ3v) is 2.49. The molecule has 2 rings (SSSR count). The van der Waals surface area contributed by atoms with E-state index in [9.17, 15) is 0 Å². The molecule has 0 aliphatic carbocycles. The molecule has 0 amide bonds. The van der Waals surface area contributed by atoms with Crippen molar-refractivity contribution in [2.75, 3.05) is 11.9 Å². The van der Waals surface area contributed by atoms with Crippen molar-refractivity contribution in [1.29, 1.82) is 0 Å². The highest BCUT2D eigenvalue weighted by atomic mass is 15.3. The molecule has 0 radical (unpaired) electrons. The number of anilines is 1. The first-order valence-corrected chi connectivity index (χ1v) is 5.84. The van der Waals surface area contributed by atoms with Crippen molar-refractivity contribution in [2.24, 2.45) is 7.05 Å². The van der Waals surface area contributed by atoms with Gasteiger partial charge in [0.15, 0.2) is 5.82 Å². The molecule has 2 heterocycles. The summed E-state index contributed by atoms with van der Waals surface area (Å²) in [5.74, 6) is 1.58. The minimum Gasteiger partial charge on any atom is -0.370 e. The molecule has 0 bridgehead atoms. The largest absolute Gasteiger partial charge is 0.370 e. The number of nitrogens with zero attached hydrogens (tertiary/aromatic N) is 4. The SMILES string of the molecule is CCNc1ccnc(-c2cn(C)nc2CC)n1. The Labute approximate surface area is 101 Å². The Morgan fingerprint density at radius 2 is 2.18 bits per heavy atom. The Morgan fingerprint density at radius 1 is 1.35 bits per heavy atom. The zero-order valence-corrected chi connectivity index (χ0v) is 10.4. The van der Waals surface area contributed by atoms with Crippen molar-refractivity contribution in [3.05, 3.63) is 24.2 Å². The molecule has 0 saturated heterocycles. The monoisotopic (exact) mass is 231 g/mol. The van der Waals surface area contributed by atoms with Crippen LogP contribution in [0.15, 0.2) is 18.5 Å². The van der Waals surface area contributed by atoms with Crippen LogP contribution >= 0.6 is 0 Å². The van der Waals surface area contributed by atoms with E-state index in [1.807, 2.05) is 26.2 Å². The van der Waals surface area contributed by atoms with Crippen molar-refractivity contribution in [1.82, 2.24) is 19.7 Å². The van der Waals surface area contributed by atoms with Gasteiger partial charge in [-0.25, -0.2) is 9.97 Å². The summed E-state index contributed by atoms with van der Waals surface area (Å²) >= 11 is 0. The van der Waals surface area contributed by atoms with Crippen LogP contribution < -0.4 is 5.32 Å². The molecule has 17 heavy (non-hydrogen) atoms. The quantitative estimate of drug-likeness (QED) is 0.872. The summed E-state index contributed by atoms with van der Waals surface area (Å²) in [5, 5.41) is 7.58. The van der Waals surface area contributed by atoms with Crippen molar-refractivity contribution >= 4 is 5.82 Å². The molecule has 0 atom stereocenters. The van der Waals surface area contributed by atoms with E-state index < -0.39 is 0 Å². The Bertz CT molecular complexity index is 503. The van der Waals surface area contributed by atoms with Gasteiger partial charge < -0.3 is 5.32 Å². The summed E-state index contributed by atoms with van der Waals surface area (Å²) in [6, 6.07) is 1.87. The second kappa shape index (κ2) is 4.95. The summed E-state index contributed by atoms with van der Waals surface area (Å²) in [6.07, 6.45) is 4.61.